The van der Waals surface area contributed by atoms with Gasteiger partial charge in [0.2, 0.25) is 10.1 Å². The molecule has 1 aliphatic carbocycles. The summed E-state index contributed by atoms with van der Waals surface area (Å²) in [6, 6.07) is 6.80. The van der Waals surface area contributed by atoms with Crippen molar-refractivity contribution in [2.45, 2.75) is 32.2 Å². The number of rotatable bonds is 3. The van der Waals surface area contributed by atoms with Crippen LogP contribution >= 0.6 is 11.3 Å². The van der Waals surface area contributed by atoms with Crippen molar-refractivity contribution in [2.75, 3.05) is 5.32 Å². The van der Waals surface area contributed by atoms with Gasteiger partial charge in [-0.05, 0) is 43.4 Å². The first-order chi connectivity index (χ1) is 12.0. The van der Waals surface area contributed by atoms with E-state index in [4.69, 9.17) is 0 Å². The summed E-state index contributed by atoms with van der Waals surface area (Å²) in [4.78, 5) is 28.3. The third kappa shape index (κ3) is 2.78. The largest absolute Gasteiger partial charge is 0.478 e. The first kappa shape index (κ1) is 15.8. The summed E-state index contributed by atoms with van der Waals surface area (Å²) >= 11 is 1.32. The molecule has 1 aromatic carbocycles. The van der Waals surface area contributed by atoms with Gasteiger partial charge in [-0.3, -0.25) is 4.79 Å². The number of nitrogens with zero attached hydrogens (tertiary/aromatic N) is 3. The molecule has 7 nitrogen and oxygen atoms in total. The van der Waals surface area contributed by atoms with Crippen molar-refractivity contribution in [1.82, 2.24) is 14.6 Å². The van der Waals surface area contributed by atoms with E-state index in [2.05, 4.69) is 15.4 Å². The molecule has 2 N–H and O–H groups in total. The average molecular weight is 356 g/mol. The van der Waals surface area contributed by atoms with Gasteiger partial charge in [-0.25, -0.2) is 9.78 Å². The fourth-order valence-electron chi connectivity index (χ4n) is 3.33. The summed E-state index contributed by atoms with van der Waals surface area (Å²) in [5.41, 5.74) is 2.69. The molecule has 8 heteroatoms. The zero-order valence-electron chi connectivity index (χ0n) is 13.5. The number of aromatic carboxylic acids is 1. The van der Waals surface area contributed by atoms with Crippen molar-refractivity contribution in [2.24, 2.45) is 0 Å². The summed E-state index contributed by atoms with van der Waals surface area (Å²) in [6.45, 7) is 1.78. The first-order valence-electron chi connectivity index (χ1n) is 8.02. The second-order valence-corrected chi connectivity index (χ2v) is 7.06. The van der Waals surface area contributed by atoms with Gasteiger partial charge in [-0.1, -0.05) is 23.5 Å². The molecule has 25 heavy (non-hydrogen) atoms. The van der Waals surface area contributed by atoms with Crippen molar-refractivity contribution in [1.29, 1.82) is 0 Å². The number of hydrogen-bond donors (Lipinski definition) is 2. The van der Waals surface area contributed by atoms with Crippen LogP contribution in [-0.2, 0) is 6.42 Å². The molecule has 0 bridgehead atoms. The lowest BCUT2D eigenvalue weighted by Gasteiger charge is -2.27. The Morgan fingerprint density at radius 2 is 2.28 bits per heavy atom. The highest BCUT2D eigenvalue weighted by Crippen LogP contribution is 2.35. The lowest BCUT2D eigenvalue weighted by atomic mass is 9.85. The summed E-state index contributed by atoms with van der Waals surface area (Å²) in [6.07, 6.45) is 2.54. The number of aryl methyl sites for hydroxylation is 1. The Balaban J connectivity index is 1.71. The molecule has 3 aromatic rings. The molecule has 0 aliphatic heterocycles. The van der Waals surface area contributed by atoms with Gasteiger partial charge in [0.25, 0.3) is 5.56 Å². The van der Waals surface area contributed by atoms with E-state index in [1.165, 1.54) is 21.9 Å². The molecule has 128 valence electrons. The Morgan fingerprint density at radius 1 is 1.44 bits per heavy atom. The molecular formula is C17H16N4O3S. The molecule has 2 aromatic heterocycles. The highest BCUT2D eigenvalue weighted by molar-refractivity contribution is 7.20. The van der Waals surface area contributed by atoms with Crippen molar-refractivity contribution < 1.29 is 9.90 Å². The number of fused-ring (bicyclic) bond motifs is 2. The fraction of sp³-hybridized carbons (Fsp3) is 0.294. The number of aromatic nitrogens is 3. The van der Waals surface area contributed by atoms with Crippen LogP contribution in [-0.4, -0.2) is 25.7 Å². The number of carboxylic acids is 1. The van der Waals surface area contributed by atoms with Gasteiger partial charge in [0.15, 0.2) is 0 Å². The van der Waals surface area contributed by atoms with Gasteiger partial charge in [0.05, 0.1) is 11.6 Å². The predicted octanol–water partition coefficient (Wildman–Crippen LogP) is 2.65. The van der Waals surface area contributed by atoms with E-state index >= 15 is 0 Å². The molecule has 0 spiro atoms. The normalized spacial score (nSPS) is 16.6. The Kier molecular flexibility index (Phi) is 3.76. The monoisotopic (exact) mass is 356 g/mol. The van der Waals surface area contributed by atoms with E-state index in [-0.39, 0.29) is 11.6 Å². The van der Waals surface area contributed by atoms with E-state index < -0.39 is 5.97 Å². The van der Waals surface area contributed by atoms with Crippen molar-refractivity contribution in [3.63, 3.8) is 0 Å². The third-order valence-corrected chi connectivity index (χ3v) is 5.25. The Labute approximate surface area is 147 Å². The van der Waals surface area contributed by atoms with Crippen LogP contribution in [0.1, 0.15) is 46.1 Å². The first-order valence-corrected chi connectivity index (χ1v) is 8.84. The van der Waals surface area contributed by atoms with Crippen LogP contribution in [0.2, 0.25) is 0 Å². The summed E-state index contributed by atoms with van der Waals surface area (Å²) in [5.74, 6) is -0.899. The van der Waals surface area contributed by atoms with Crippen LogP contribution in [0.15, 0.2) is 29.1 Å². The number of carbonyl (C=O) groups is 1. The standard InChI is InChI=1S/C17H16N4O3S/c1-9-8-14(22)21-17(18-9)25-16(20-21)19-13-7-3-4-10-11(13)5-2-6-12(10)15(23)24/h2,5-6,8,13H,3-4,7H2,1H3,(H,19,20)(H,23,24). The molecule has 1 unspecified atom stereocenters. The van der Waals surface area contributed by atoms with E-state index in [1.807, 2.05) is 6.07 Å². The van der Waals surface area contributed by atoms with Gasteiger partial charge in [0.1, 0.15) is 0 Å². The fourth-order valence-corrected chi connectivity index (χ4v) is 4.23. The van der Waals surface area contributed by atoms with E-state index in [9.17, 15) is 14.7 Å². The van der Waals surface area contributed by atoms with Crippen LogP contribution in [0.4, 0.5) is 5.13 Å². The highest BCUT2D eigenvalue weighted by Gasteiger charge is 2.25. The maximum absolute atomic E-state index is 12.0. The van der Waals surface area contributed by atoms with Crippen molar-refractivity contribution in [3.8, 4) is 0 Å². The molecule has 0 radical (unpaired) electrons. The lowest BCUT2D eigenvalue weighted by molar-refractivity contribution is 0.0695. The van der Waals surface area contributed by atoms with Crippen LogP contribution in [0, 0.1) is 6.92 Å². The molecule has 0 saturated heterocycles. The topological polar surface area (TPSA) is 96.6 Å². The quantitative estimate of drug-likeness (QED) is 0.749. The van der Waals surface area contributed by atoms with Crippen molar-refractivity contribution >= 4 is 27.4 Å². The number of carboxylic acid groups (broad SMARTS) is 1. The molecule has 1 aliphatic rings. The van der Waals surface area contributed by atoms with Gasteiger partial charge in [0, 0.05) is 11.8 Å². The summed E-state index contributed by atoms with van der Waals surface area (Å²) in [5, 5.41) is 17.7. The van der Waals surface area contributed by atoms with Crippen LogP contribution in [0.5, 0.6) is 0 Å². The van der Waals surface area contributed by atoms with Crippen LogP contribution < -0.4 is 10.9 Å². The van der Waals surface area contributed by atoms with Gasteiger partial charge < -0.3 is 10.4 Å². The van der Waals surface area contributed by atoms with Crippen LogP contribution in [0.3, 0.4) is 0 Å². The van der Waals surface area contributed by atoms with E-state index in [0.717, 1.165) is 30.4 Å². The number of nitrogens with one attached hydrogen (secondary N) is 1. The minimum absolute atomic E-state index is 0.0274. The van der Waals surface area contributed by atoms with Gasteiger partial charge in [-0.2, -0.15) is 4.52 Å². The summed E-state index contributed by atoms with van der Waals surface area (Å²) < 4.78 is 1.29. The Hall–Kier alpha value is -2.74. The SMILES string of the molecule is Cc1cc(=O)n2nc(NC3CCCc4c(C(=O)O)cccc43)sc2n1. The zero-order chi connectivity index (χ0) is 17.6. The van der Waals surface area contributed by atoms with Crippen LogP contribution in [0.25, 0.3) is 4.96 Å². The lowest BCUT2D eigenvalue weighted by Crippen LogP contribution is -2.20. The second-order valence-electron chi connectivity index (χ2n) is 6.11. The Bertz CT molecular complexity index is 1040. The third-order valence-electron chi connectivity index (χ3n) is 4.41. The highest BCUT2D eigenvalue weighted by atomic mass is 32.1. The minimum Gasteiger partial charge on any atom is -0.478 e. The predicted molar refractivity (Wildman–Crippen MR) is 94.6 cm³/mol. The van der Waals surface area contributed by atoms with Crippen molar-refractivity contribution in [3.05, 3.63) is 57.0 Å². The molecule has 0 amide bonds. The van der Waals surface area contributed by atoms with E-state index in [0.29, 0.717) is 21.3 Å². The number of anilines is 1. The molecule has 0 saturated carbocycles. The number of benzene rings is 1. The smallest absolute Gasteiger partial charge is 0.335 e. The molecule has 1 atom stereocenters. The summed E-state index contributed by atoms with van der Waals surface area (Å²) in [7, 11) is 0. The number of hydrogen-bond acceptors (Lipinski definition) is 6. The van der Waals surface area contributed by atoms with Gasteiger partial charge in [-0.15, -0.1) is 5.10 Å². The average Bonchev–Trinajstić information content (AvgIpc) is 2.97. The Morgan fingerprint density at radius 3 is 3.08 bits per heavy atom. The maximum atomic E-state index is 12.0. The second kappa shape index (κ2) is 5.96. The van der Waals surface area contributed by atoms with E-state index in [1.54, 1.807) is 19.1 Å². The van der Waals surface area contributed by atoms with Gasteiger partial charge >= 0.3 is 5.97 Å². The zero-order valence-corrected chi connectivity index (χ0v) is 14.3. The minimum atomic E-state index is -0.899. The molecule has 2 heterocycles. The molecular weight excluding hydrogens is 340 g/mol. The molecule has 4 rings (SSSR count). The molecule has 0 fully saturated rings. The maximum Gasteiger partial charge on any atom is 0.335 e.